The van der Waals surface area contributed by atoms with Crippen molar-refractivity contribution in [3.8, 4) is 24.4 Å². The average Bonchev–Trinajstić information content (AvgIpc) is 2.04. The molecule has 11 heavy (non-hydrogen) atoms. The van der Waals surface area contributed by atoms with E-state index in [1.54, 1.807) is 0 Å². The van der Waals surface area contributed by atoms with Crippen LogP contribution in [0.4, 0.5) is 0 Å². The van der Waals surface area contributed by atoms with Crippen molar-refractivity contribution in [2.45, 2.75) is 12.8 Å². The van der Waals surface area contributed by atoms with Crippen LogP contribution in [0.2, 0.25) is 0 Å². The molecular formula is C7H9O3P. The highest BCUT2D eigenvalue weighted by Crippen LogP contribution is 2.19. The van der Waals surface area contributed by atoms with Gasteiger partial charge in [-0.2, -0.15) is 0 Å². The predicted octanol–water partition coefficient (Wildman–Crippen LogP) is 1.41. The topological polar surface area (TPSA) is 35.5 Å². The molecule has 0 spiro atoms. The van der Waals surface area contributed by atoms with Crippen molar-refractivity contribution in [3.05, 3.63) is 0 Å². The minimum absolute atomic E-state index is 0.551. The van der Waals surface area contributed by atoms with Crippen LogP contribution in [0.15, 0.2) is 0 Å². The zero-order valence-electron chi connectivity index (χ0n) is 6.22. The highest BCUT2D eigenvalue weighted by atomic mass is 31.1. The van der Waals surface area contributed by atoms with Crippen LogP contribution in [0.1, 0.15) is 12.8 Å². The lowest BCUT2D eigenvalue weighted by molar-refractivity contribution is 0.337. The Morgan fingerprint density at radius 2 is 2.27 bits per heavy atom. The predicted molar refractivity (Wildman–Crippen MR) is 42.9 cm³/mol. The van der Waals surface area contributed by atoms with E-state index in [9.17, 15) is 4.57 Å². The molecule has 1 unspecified atom stereocenters. The van der Waals surface area contributed by atoms with Gasteiger partial charge in [0, 0.05) is 20.0 Å². The van der Waals surface area contributed by atoms with E-state index in [2.05, 4.69) is 27.0 Å². The Hall–Kier alpha value is -0.890. The van der Waals surface area contributed by atoms with Crippen LogP contribution < -0.4 is 0 Å². The number of unbranched alkanes of at least 4 members (excludes halogenated alkanes) is 1. The van der Waals surface area contributed by atoms with Crippen LogP contribution in [-0.4, -0.2) is 7.11 Å². The van der Waals surface area contributed by atoms with Gasteiger partial charge in [-0.1, -0.05) is 5.92 Å². The molecule has 0 amide bonds. The molecule has 1 atom stereocenters. The summed E-state index contributed by atoms with van der Waals surface area (Å²) in [7, 11) is -1.10. The highest BCUT2D eigenvalue weighted by molar-refractivity contribution is 7.33. The molecule has 0 saturated heterocycles. The van der Waals surface area contributed by atoms with Crippen molar-refractivity contribution in [3.63, 3.8) is 0 Å². The van der Waals surface area contributed by atoms with Gasteiger partial charge in [0.25, 0.3) is 0 Å². The number of rotatable bonds is 3. The number of hydrogen-bond donors (Lipinski definition) is 0. The van der Waals surface area contributed by atoms with Gasteiger partial charge >= 0.3 is 8.25 Å². The Balaban J connectivity index is 3.41. The molecule has 0 aliphatic carbocycles. The van der Waals surface area contributed by atoms with Crippen LogP contribution in [0.3, 0.4) is 0 Å². The fourth-order valence-electron chi connectivity index (χ4n) is 0.305. The fourth-order valence-corrected chi connectivity index (χ4v) is 0.544. The minimum Gasteiger partial charge on any atom is -0.372 e. The summed E-state index contributed by atoms with van der Waals surface area (Å²) in [5.74, 6) is 4.99. The van der Waals surface area contributed by atoms with Gasteiger partial charge in [0.2, 0.25) is 0 Å². The SMILES string of the molecule is C#CCCC#CO[PH](=O)OC. The van der Waals surface area contributed by atoms with E-state index in [1.807, 2.05) is 0 Å². The Morgan fingerprint density at radius 3 is 2.82 bits per heavy atom. The Bertz CT molecular complexity index is 218. The van der Waals surface area contributed by atoms with E-state index in [0.29, 0.717) is 12.8 Å². The first kappa shape index (κ1) is 10.1. The second-order valence-electron chi connectivity index (χ2n) is 1.54. The second kappa shape index (κ2) is 7.22. The zero-order valence-corrected chi connectivity index (χ0v) is 7.22. The standard InChI is InChI=1S/C7H9O3P/c1-3-4-5-6-7-10-11(8)9-2/h1,11H,4-5H2,2H3. The quantitative estimate of drug-likeness (QED) is 0.367. The summed E-state index contributed by atoms with van der Waals surface area (Å²) in [4.78, 5) is 0. The first-order valence-corrected chi connectivity index (χ1v) is 4.20. The van der Waals surface area contributed by atoms with E-state index < -0.39 is 8.25 Å². The lowest BCUT2D eigenvalue weighted by atomic mass is 10.3. The molecule has 4 heteroatoms. The van der Waals surface area contributed by atoms with E-state index >= 15 is 0 Å². The van der Waals surface area contributed by atoms with Crippen molar-refractivity contribution in [2.75, 3.05) is 7.11 Å². The summed E-state index contributed by atoms with van der Waals surface area (Å²) in [6.07, 6.45) is 8.32. The summed E-state index contributed by atoms with van der Waals surface area (Å²) in [5, 5.41) is 0. The smallest absolute Gasteiger partial charge is 0.372 e. The monoisotopic (exact) mass is 172 g/mol. The van der Waals surface area contributed by atoms with Gasteiger partial charge in [0.05, 0.1) is 0 Å². The largest absolute Gasteiger partial charge is 0.375 e. The summed E-state index contributed by atoms with van der Waals surface area (Å²) in [6, 6.07) is 0. The molecule has 0 aliphatic heterocycles. The fraction of sp³-hybridized carbons (Fsp3) is 0.429. The third kappa shape index (κ3) is 7.00. The molecule has 0 aromatic heterocycles. The van der Waals surface area contributed by atoms with Crippen LogP contribution in [-0.2, 0) is 13.6 Å². The first-order chi connectivity index (χ1) is 5.31. The average molecular weight is 172 g/mol. The Labute approximate surface area is 67.0 Å². The van der Waals surface area contributed by atoms with Crippen LogP contribution in [0.5, 0.6) is 0 Å². The normalized spacial score (nSPS) is 10.5. The zero-order chi connectivity index (χ0) is 8.53. The molecule has 0 rings (SSSR count). The maximum absolute atomic E-state index is 10.4. The van der Waals surface area contributed by atoms with E-state index in [4.69, 9.17) is 6.42 Å². The molecule has 0 aromatic rings. The summed E-state index contributed by atoms with van der Waals surface area (Å²) in [5.41, 5.74) is 0. The molecule has 0 fully saturated rings. The van der Waals surface area contributed by atoms with Crippen molar-refractivity contribution < 1.29 is 13.6 Å². The molecule has 0 aromatic carbocycles. The third-order valence-corrected chi connectivity index (χ3v) is 1.37. The molecule has 60 valence electrons. The lowest BCUT2D eigenvalue weighted by Crippen LogP contribution is -1.70. The van der Waals surface area contributed by atoms with Gasteiger partial charge < -0.3 is 9.05 Å². The molecule has 0 bridgehead atoms. The van der Waals surface area contributed by atoms with E-state index in [1.165, 1.54) is 7.11 Å². The van der Waals surface area contributed by atoms with Crippen molar-refractivity contribution >= 4 is 8.25 Å². The van der Waals surface area contributed by atoms with Gasteiger partial charge in [0.1, 0.15) is 6.11 Å². The number of terminal acetylenes is 1. The van der Waals surface area contributed by atoms with Crippen LogP contribution >= 0.6 is 8.25 Å². The third-order valence-electron chi connectivity index (χ3n) is 0.768. The van der Waals surface area contributed by atoms with Crippen molar-refractivity contribution in [1.29, 1.82) is 0 Å². The van der Waals surface area contributed by atoms with E-state index in [0.717, 1.165) is 0 Å². The molecule has 0 heterocycles. The highest BCUT2D eigenvalue weighted by Gasteiger charge is 1.88. The van der Waals surface area contributed by atoms with E-state index in [-0.39, 0.29) is 0 Å². The maximum atomic E-state index is 10.4. The Morgan fingerprint density at radius 1 is 1.55 bits per heavy atom. The van der Waals surface area contributed by atoms with Crippen LogP contribution in [0.25, 0.3) is 0 Å². The summed E-state index contributed by atoms with van der Waals surface area (Å²) in [6.45, 7) is 0. The maximum Gasteiger partial charge on any atom is 0.375 e. The van der Waals surface area contributed by atoms with Crippen molar-refractivity contribution in [2.24, 2.45) is 0 Å². The molecule has 3 nitrogen and oxygen atoms in total. The molecular weight excluding hydrogens is 163 g/mol. The molecule has 0 aliphatic rings. The van der Waals surface area contributed by atoms with Crippen molar-refractivity contribution in [1.82, 2.24) is 0 Å². The molecule has 0 radical (unpaired) electrons. The van der Waals surface area contributed by atoms with Gasteiger partial charge in [-0.15, -0.1) is 12.3 Å². The van der Waals surface area contributed by atoms with Gasteiger partial charge in [-0.3, -0.25) is 0 Å². The van der Waals surface area contributed by atoms with Gasteiger partial charge in [-0.05, 0) is 0 Å². The van der Waals surface area contributed by atoms with Gasteiger partial charge in [-0.25, -0.2) is 4.57 Å². The minimum atomic E-state index is -2.39. The molecule has 0 N–H and O–H groups in total. The number of hydrogen-bond acceptors (Lipinski definition) is 3. The summed E-state index contributed by atoms with van der Waals surface area (Å²) < 4.78 is 19.2. The summed E-state index contributed by atoms with van der Waals surface area (Å²) >= 11 is 0. The molecule has 0 saturated carbocycles. The van der Waals surface area contributed by atoms with Crippen LogP contribution in [0, 0.1) is 24.4 Å². The Kier molecular flexibility index (Phi) is 6.64. The second-order valence-corrected chi connectivity index (χ2v) is 2.65. The lowest BCUT2D eigenvalue weighted by Gasteiger charge is -1.91. The first-order valence-electron chi connectivity index (χ1n) is 2.97. The van der Waals surface area contributed by atoms with Gasteiger partial charge in [0.15, 0.2) is 0 Å².